The third kappa shape index (κ3) is 7.16. The van der Waals surface area contributed by atoms with Crippen molar-refractivity contribution < 1.29 is 0 Å². The summed E-state index contributed by atoms with van der Waals surface area (Å²) in [5.41, 5.74) is 23.8. The van der Waals surface area contributed by atoms with Crippen LogP contribution in [0.15, 0.2) is 315 Å². The first-order chi connectivity index (χ1) is 42.1. The lowest BCUT2D eigenvalue weighted by molar-refractivity contribution is 0.801. The summed E-state index contributed by atoms with van der Waals surface area (Å²) in [6.45, 7) is 0. The van der Waals surface area contributed by atoms with E-state index in [0.29, 0.717) is 0 Å². The van der Waals surface area contributed by atoms with E-state index in [1.807, 2.05) is 0 Å². The average molecular weight is 1070 g/mol. The van der Waals surface area contributed by atoms with Gasteiger partial charge in [0.25, 0.3) is 0 Å². The maximum absolute atomic E-state index is 2.62. The highest BCUT2D eigenvalue weighted by molar-refractivity contribution is 6.35. The third-order valence-electron chi connectivity index (χ3n) is 18.9. The second-order valence-electron chi connectivity index (χ2n) is 23.4. The van der Waals surface area contributed by atoms with Gasteiger partial charge in [0, 0.05) is 0 Å². The molecule has 0 radical (unpaired) electrons. The Hall–Kier alpha value is -10.9. The fraction of sp³-hybridized carbons (Fsp3) is 0.0118. The van der Waals surface area contributed by atoms with Crippen molar-refractivity contribution in [3.05, 3.63) is 338 Å². The molecule has 0 N–H and O–H groups in total. The predicted octanol–water partition coefficient (Wildman–Crippen LogP) is 23.0. The van der Waals surface area contributed by atoms with Crippen molar-refractivity contribution in [3.63, 3.8) is 0 Å². The Balaban J connectivity index is 1.02. The van der Waals surface area contributed by atoms with Crippen molar-refractivity contribution in [1.82, 2.24) is 0 Å². The van der Waals surface area contributed by atoms with E-state index in [-0.39, 0.29) is 0 Å². The van der Waals surface area contributed by atoms with Crippen LogP contribution in [-0.2, 0) is 5.41 Å². The van der Waals surface area contributed by atoms with Gasteiger partial charge in [-0.1, -0.05) is 243 Å². The molecule has 18 rings (SSSR count). The van der Waals surface area contributed by atoms with Gasteiger partial charge in [0.15, 0.2) is 0 Å². The van der Waals surface area contributed by atoms with Crippen LogP contribution in [0.1, 0.15) is 22.3 Å². The van der Waals surface area contributed by atoms with Gasteiger partial charge >= 0.3 is 0 Å². The molecule has 0 heterocycles. The summed E-state index contributed by atoms with van der Waals surface area (Å²) in [4.78, 5) is 0. The molecule has 392 valence electrons. The normalized spacial score (nSPS) is 12.8. The molecular formula is C85H52. The second kappa shape index (κ2) is 18.5. The van der Waals surface area contributed by atoms with Crippen LogP contribution in [0.4, 0.5) is 0 Å². The van der Waals surface area contributed by atoms with Crippen molar-refractivity contribution in [1.29, 1.82) is 0 Å². The summed E-state index contributed by atoms with van der Waals surface area (Å²) in [7, 11) is 0. The first-order valence-electron chi connectivity index (χ1n) is 29.7. The molecule has 1 spiro atoms. The summed E-state index contributed by atoms with van der Waals surface area (Å²) in [6.07, 6.45) is 0. The molecule has 0 unspecified atom stereocenters. The van der Waals surface area contributed by atoms with Crippen LogP contribution < -0.4 is 0 Å². The SMILES string of the molecule is c1ccc(-c2cccc(-c3cc4c5c(c3)c3ccccc3c3cc(-c6cccc(-c7ccccc7)c6)cc(c35)C43c4cc(-c5cccc(-c6ccccc6)c5)cc5c6ccccc6c6cc(-c7cccc(-c8ccccc8)c7)cc3c6c45)c2)cc1. The summed E-state index contributed by atoms with van der Waals surface area (Å²) < 4.78 is 0. The van der Waals surface area contributed by atoms with Crippen LogP contribution in [0.5, 0.6) is 0 Å². The molecule has 85 heavy (non-hydrogen) atoms. The molecule has 0 heteroatoms. The minimum Gasteiger partial charge on any atom is -0.0622 e. The van der Waals surface area contributed by atoms with Gasteiger partial charge in [-0.15, -0.1) is 0 Å². The van der Waals surface area contributed by atoms with E-state index in [1.54, 1.807) is 0 Å². The van der Waals surface area contributed by atoms with Crippen LogP contribution in [0, 0.1) is 0 Å². The minimum atomic E-state index is -0.785. The van der Waals surface area contributed by atoms with Gasteiger partial charge < -0.3 is 0 Å². The van der Waals surface area contributed by atoms with Crippen molar-refractivity contribution in [3.8, 4) is 89.0 Å². The molecular weight excluding hydrogens is 1020 g/mol. The fourth-order valence-corrected chi connectivity index (χ4v) is 15.2. The molecule has 2 aliphatic rings. The molecule has 0 fully saturated rings. The lowest BCUT2D eigenvalue weighted by atomic mass is 9.68. The molecule has 0 nitrogen and oxygen atoms in total. The largest absolute Gasteiger partial charge is 0.0727 e. The van der Waals surface area contributed by atoms with Gasteiger partial charge in [-0.3, -0.25) is 0 Å². The smallest absolute Gasteiger partial charge is 0.0622 e. The highest BCUT2D eigenvalue weighted by atomic mass is 14.5. The first kappa shape index (κ1) is 47.7. The molecule has 0 bridgehead atoms. The number of hydrogen-bond donors (Lipinski definition) is 0. The molecule has 0 aliphatic heterocycles. The maximum Gasteiger partial charge on any atom is 0.0727 e. The van der Waals surface area contributed by atoms with E-state index < -0.39 is 5.41 Å². The average Bonchev–Trinajstić information content (AvgIpc) is 1.50. The van der Waals surface area contributed by atoms with Crippen LogP contribution >= 0.6 is 0 Å². The van der Waals surface area contributed by atoms with E-state index in [4.69, 9.17) is 0 Å². The van der Waals surface area contributed by atoms with Crippen molar-refractivity contribution >= 4 is 64.6 Å². The molecule has 0 aromatic heterocycles. The van der Waals surface area contributed by atoms with Crippen molar-refractivity contribution in [2.45, 2.75) is 5.41 Å². The van der Waals surface area contributed by atoms with E-state index in [9.17, 15) is 0 Å². The monoisotopic (exact) mass is 1070 g/mol. The zero-order valence-corrected chi connectivity index (χ0v) is 46.5. The highest BCUT2D eigenvalue weighted by Gasteiger charge is 2.51. The molecule has 0 amide bonds. The molecule has 0 saturated carbocycles. The molecule has 0 saturated heterocycles. The predicted molar refractivity (Wildman–Crippen MR) is 360 cm³/mol. The van der Waals surface area contributed by atoms with Crippen LogP contribution in [0.25, 0.3) is 154 Å². The summed E-state index contributed by atoms with van der Waals surface area (Å²) in [5.74, 6) is 0. The van der Waals surface area contributed by atoms with E-state index in [1.165, 1.54) is 176 Å². The Kier molecular flexibility index (Phi) is 10.4. The lowest BCUT2D eigenvalue weighted by Gasteiger charge is -2.33. The Morgan fingerprint density at radius 3 is 0.541 bits per heavy atom. The summed E-state index contributed by atoms with van der Waals surface area (Å²) in [6, 6.07) is 119. The number of rotatable bonds is 8. The second-order valence-corrected chi connectivity index (χ2v) is 23.4. The maximum atomic E-state index is 2.62. The Morgan fingerprint density at radius 1 is 0.129 bits per heavy atom. The van der Waals surface area contributed by atoms with Crippen molar-refractivity contribution in [2.75, 3.05) is 0 Å². The van der Waals surface area contributed by atoms with E-state index in [0.717, 1.165) is 0 Å². The Morgan fingerprint density at radius 2 is 0.318 bits per heavy atom. The molecule has 0 atom stereocenters. The van der Waals surface area contributed by atoms with E-state index in [2.05, 4.69) is 315 Å². The summed E-state index contributed by atoms with van der Waals surface area (Å²) >= 11 is 0. The van der Waals surface area contributed by atoms with Gasteiger partial charge in [-0.2, -0.15) is 0 Å². The van der Waals surface area contributed by atoms with Crippen molar-refractivity contribution in [2.24, 2.45) is 0 Å². The minimum absolute atomic E-state index is 0.785. The fourth-order valence-electron chi connectivity index (χ4n) is 15.2. The molecule has 16 aromatic rings. The number of hydrogen-bond acceptors (Lipinski definition) is 0. The van der Waals surface area contributed by atoms with Gasteiger partial charge in [0.05, 0.1) is 5.41 Å². The lowest BCUT2D eigenvalue weighted by Crippen LogP contribution is -2.26. The van der Waals surface area contributed by atoms with Gasteiger partial charge in [0.1, 0.15) is 0 Å². The standard InChI is InChI=1S/C85H52/c1-5-21-53(22-6-1)57-29-17-33-61(41-57)65-45-73-69-37-13-14-38-70(69)74-46-66(62-34-18-30-58(42-62)54-23-7-2-8-24-54)50-78-82(74)81(73)77(49-65)85(78)79-51-67(63-35-19-31-59(43-63)55-25-9-3-10-26-55)47-75-71-39-15-16-40-72(71)76-48-68(52-80(85)84(76)83(75)79)64-36-20-32-60(44-64)56-27-11-4-12-28-56/h1-52H. The first-order valence-corrected chi connectivity index (χ1v) is 29.7. The molecule has 16 aromatic carbocycles. The van der Waals surface area contributed by atoms with Crippen LogP contribution in [0.2, 0.25) is 0 Å². The topological polar surface area (TPSA) is 0 Å². The Bertz CT molecular complexity index is 4760. The van der Waals surface area contributed by atoms with Gasteiger partial charge in [-0.05, 0) is 249 Å². The van der Waals surface area contributed by atoms with Crippen LogP contribution in [0.3, 0.4) is 0 Å². The van der Waals surface area contributed by atoms with Crippen LogP contribution in [-0.4, -0.2) is 0 Å². The zero-order valence-electron chi connectivity index (χ0n) is 46.5. The Labute approximate surface area is 493 Å². The molecule has 2 aliphatic carbocycles. The number of benzene rings is 16. The zero-order chi connectivity index (χ0) is 55.7. The number of fused-ring (bicyclic) bond motifs is 10. The van der Waals surface area contributed by atoms with E-state index >= 15 is 0 Å². The van der Waals surface area contributed by atoms with Gasteiger partial charge in [-0.25, -0.2) is 0 Å². The quantitative estimate of drug-likeness (QED) is 0.133. The summed E-state index contributed by atoms with van der Waals surface area (Å²) in [5, 5.41) is 15.5. The third-order valence-corrected chi connectivity index (χ3v) is 18.9. The van der Waals surface area contributed by atoms with Gasteiger partial charge in [0.2, 0.25) is 0 Å². The highest BCUT2D eigenvalue weighted by Crippen LogP contribution is 2.66.